The van der Waals surface area contributed by atoms with E-state index >= 15 is 0 Å². The van der Waals surface area contributed by atoms with Gasteiger partial charge in [0.25, 0.3) is 0 Å². The number of hydrogen-bond acceptors (Lipinski definition) is 3. The molecule has 1 heterocycles. The van der Waals surface area contributed by atoms with Crippen LogP contribution in [0.5, 0.6) is 0 Å². The van der Waals surface area contributed by atoms with Crippen molar-refractivity contribution in [3.05, 3.63) is 48.0 Å². The third-order valence-corrected chi connectivity index (χ3v) is 3.82. The van der Waals surface area contributed by atoms with Gasteiger partial charge in [0, 0.05) is 41.0 Å². The van der Waals surface area contributed by atoms with Crippen LogP contribution in [0.3, 0.4) is 0 Å². The summed E-state index contributed by atoms with van der Waals surface area (Å²) in [7, 11) is 1.66. The highest BCUT2D eigenvalue weighted by Gasteiger charge is 2.10. The Morgan fingerprint density at radius 1 is 1.00 bits per heavy atom. The molecule has 114 valence electrons. The summed E-state index contributed by atoms with van der Waals surface area (Å²) in [6.07, 6.45) is 0.885. The van der Waals surface area contributed by atoms with E-state index in [4.69, 9.17) is 9.47 Å². The van der Waals surface area contributed by atoms with Crippen LogP contribution in [-0.2, 0) is 16.0 Å². The van der Waals surface area contributed by atoms with Crippen molar-refractivity contribution in [1.29, 1.82) is 0 Å². The van der Waals surface area contributed by atoms with Crippen LogP contribution < -0.4 is 0 Å². The van der Waals surface area contributed by atoms with Gasteiger partial charge in [-0.15, -0.1) is 0 Å². The van der Waals surface area contributed by atoms with Gasteiger partial charge in [0.05, 0.1) is 19.8 Å². The van der Waals surface area contributed by atoms with Crippen LogP contribution in [0.25, 0.3) is 21.8 Å². The summed E-state index contributed by atoms with van der Waals surface area (Å²) in [5, 5.41) is 2.37. The molecule has 0 spiro atoms. The van der Waals surface area contributed by atoms with E-state index in [1.54, 1.807) is 7.11 Å². The van der Waals surface area contributed by atoms with Crippen molar-refractivity contribution >= 4 is 28.1 Å². The molecule has 0 unspecified atom stereocenters. The molecule has 3 aromatic rings. The van der Waals surface area contributed by atoms with Crippen LogP contribution in [-0.4, -0.2) is 37.8 Å². The molecule has 0 fully saturated rings. The van der Waals surface area contributed by atoms with Gasteiger partial charge in [0.15, 0.2) is 0 Å². The average molecular weight is 297 g/mol. The van der Waals surface area contributed by atoms with E-state index in [-0.39, 0.29) is 0 Å². The molecule has 0 saturated heterocycles. The fourth-order valence-corrected chi connectivity index (χ4v) is 2.78. The number of aldehydes is 1. The van der Waals surface area contributed by atoms with Gasteiger partial charge in [0.2, 0.25) is 0 Å². The number of carbonyl (C=O) groups is 1. The predicted octanol–water partition coefficient (Wildman–Crippen LogP) is 3.27. The topological polar surface area (TPSA) is 40.5 Å². The maximum Gasteiger partial charge on any atom is 0.150 e. The van der Waals surface area contributed by atoms with Crippen molar-refractivity contribution in [2.24, 2.45) is 0 Å². The number of nitrogens with zero attached hydrogens (tertiary/aromatic N) is 1. The molecule has 1 aromatic heterocycles. The van der Waals surface area contributed by atoms with Crippen LogP contribution in [0.4, 0.5) is 0 Å². The van der Waals surface area contributed by atoms with E-state index in [0.717, 1.165) is 29.3 Å². The molecular weight excluding hydrogens is 278 g/mol. The molecule has 22 heavy (non-hydrogen) atoms. The summed E-state index contributed by atoms with van der Waals surface area (Å²) < 4.78 is 12.8. The van der Waals surface area contributed by atoms with Gasteiger partial charge in [0.1, 0.15) is 6.29 Å². The minimum Gasteiger partial charge on any atom is -0.382 e. The van der Waals surface area contributed by atoms with Gasteiger partial charge in [-0.25, -0.2) is 0 Å². The summed E-state index contributed by atoms with van der Waals surface area (Å²) in [5.41, 5.74) is 2.92. The first-order chi connectivity index (χ1) is 10.8. The minimum absolute atomic E-state index is 0.590. The van der Waals surface area contributed by atoms with Gasteiger partial charge < -0.3 is 14.0 Å². The fourth-order valence-electron chi connectivity index (χ4n) is 2.78. The minimum atomic E-state index is 0.590. The Labute approximate surface area is 129 Å². The number of hydrogen-bond donors (Lipinski definition) is 0. The lowest BCUT2D eigenvalue weighted by molar-refractivity contribution is 0.0673. The monoisotopic (exact) mass is 297 g/mol. The Kier molecular flexibility index (Phi) is 4.51. The molecule has 0 saturated carbocycles. The molecular formula is C18H19NO3. The molecule has 4 heteroatoms. The van der Waals surface area contributed by atoms with Gasteiger partial charge >= 0.3 is 0 Å². The molecule has 0 aliphatic rings. The highest BCUT2D eigenvalue weighted by Crippen LogP contribution is 2.29. The maximum atomic E-state index is 11.1. The lowest BCUT2D eigenvalue weighted by atomic mass is 10.1. The Hall–Kier alpha value is -2.17. The van der Waals surface area contributed by atoms with Crippen LogP contribution in [0, 0.1) is 0 Å². The number of fused-ring (bicyclic) bond motifs is 3. The number of para-hydroxylation sites is 1. The van der Waals surface area contributed by atoms with Gasteiger partial charge in [-0.05, 0) is 12.1 Å². The van der Waals surface area contributed by atoms with Gasteiger partial charge in [-0.1, -0.05) is 30.3 Å². The quantitative estimate of drug-likeness (QED) is 0.496. The molecule has 0 N–H and O–H groups in total. The summed E-state index contributed by atoms with van der Waals surface area (Å²) in [5.74, 6) is 0. The van der Waals surface area contributed by atoms with Crippen molar-refractivity contribution in [3.8, 4) is 0 Å². The fraction of sp³-hybridized carbons (Fsp3) is 0.278. The van der Waals surface area contributed by atoms with E-state index in [0.29, 0.717) is 25.4 Å². The van der Waals surface area contributed by atoms with Crippen LogP contribution in [0.2, 0.25) is 0 Å². The SMILES string of the molecule is COCCOCCn1c2ccccc2c2ccc(C=O)cc21. The molecule has 3 rings (SSSR count). The van der Waals surface area contributed by atoms with Crippen LogP contribution in [0.15, 0.2) is 42.5 Å². The van der Waals surface area contributed by atoms with Crippen LogP contribution >= 0.6 is 0 Å². The maximum absolute atomic E-state index is 11.1. The summed E-state index contributed by atoms with van der Waals surface area (Å²) in [4.78, 5) is 11.1. The molecule has 0 amide bonds. The molecule has 0 aliphatic carbocycles. The van der Waals surface area contributed by atoms with Crippen molar-refractivity contribution in [2.45, 2.75) is 6.54 Å². The Morgan fingerprint density at radius 3 is 2.64 bits per heavy atom. The smallest absolute Gasteiger partial charge is 0.150 e. The lowest BCUT2D eigenvalue weighted by Gasteiger charge is -2.08. The number of methoxy groups -OCH3 is 1. The van der Waals surface area contributed by atoms with Crippen molar-refractivity contribution in [3.63, 3.8) is 0 Å². The van der Waals surface area contributed by atoms with Crippen molar-refractivity contribution < 1.29 is 14.3 Å². The first kappa shape index (κ1) is 14.8. The largest absolute Gasteiger partial charge is 0.382 e. The molecule has 0 bridgehead atoms. The van der Waals surface area contributed by atoms with Gasteiger partial charge in [-0.3, -0.25) is 4.79 Å². The number of rotatable bonds is 7. The zero-order chi connectivity index (χ0) is 15.4. The third-order valence-electron chi connectivity index (χ3n) is 3.82. The lowest BCUT2D eigenvalue weighted by Crippen LogP contribution is -2.09. The predicted molar refractivity (Wildman–Crippen MR) is 87.5 cm³/mol. The number of benzene rings is 2. The molecule has 0 atom stereocenters. The number of ether oxygens (including phenoxy) is 2. The Balaban J connectivity index is 1.98. The Morgan fingerprint density at radius 2 is 1.82 bits per heavy atom. The first-order valence-corrected chi connectivity index (χ1v) is 7.38. The summed E-state index contributed by atoms with van der Waals surface area (Å²) in [6.45, 7) is 2.55. The zero-order valence-corrected chi connectivity index (χ0v) is 12.6. The molecule has 0 aliphatic heterocycles. The highest BCUT2D eigenvalue weighted by atomic mass is 16.5. The number of aromatic nitrogens is 1. The first-order valence-electron chi connectivity index (χ1n) is 7.38. The van der Waals surface area contributed by atoms with Gasteiger partial charge in [-0.2, -0.15) is 0 Å². The van der Waals surface area contributed by atoms with E-state index in [1.165, 1.54) is 5.39 Å². The summed E-state index contributed by atoms with van der Waals surface area (Å²) in [6, 6.07) is 14.1. The molecule has 2 aromatic carbocycles. The zero-order valence-electron chi connectivity index (χ0n) is 12.6. The standard InChI is InChI=1S/C18H19NO3/c1-21-10-11-22-9-8-19-17-5-3-2-4-15(17)16-7-6-14(13-20)12-18(16)19/h2-7,12-13H,8-11H2,1H3. The van der Waals surface area contributed by atoms with E-state index in [1.807, 2.05) is 30.3 Å². The second kappa shape index (κ2) is 6.73. The van der Waals surface area contributed by atoms with Crippen LogP contribution in [0.1, 0.15) is 10.4 Å². The van der Waals surface area contributed by atoms with E-state index in [2.05, 4.69) is 16.7 Å². The highest BCUT2D eigenvalue weighted by molar-refractivity contribution is 6.09. The summed E-state index contributed by atoms with van der Waals surface area (Å²) >= 11 is 0. The third kappa shape index (κ3) is 2.75. The molecule has 0 radical (unpaired) electrons. The number of carbonyl (C=O) groups excluding carboxylic acids is 1. The van der Waals surface area contributed by atoms with E-state index in [9.17, 15) is 4.79 Å². The van der Waals surface area contributed by atoms with Crippen molar-refractivity contribution in [1.82, 2.24) is 4.57 Å². The molecule has 4 nitrogen and oxygen atoms in total. The van der Waals surface area contributed by atoms with Crippen molar-refractivity contribution in [2.75, 3.05) is 26.9 Å². The normalized spacial score (nSPS) is 11.3. The average Bonchev–Trinajstić information content (AvgIpc) is 2.88. The second-order valence-electron chi connectivity index (χ2n) is 5.17. The Bertz CT molecular complexity index is 791. The second-order valence-corrected chi connectivity index (χ2v) is 5.17. The van der Waals surface area contributed by atoms with E-state index < -0.39 is 0 Å².